The molecule has 1 aromatic heterocycles. The second-order valence-corrected chi connectivity index (χ2v) is 4.35. The number of carbonyl (C=O) groups is 1. The van der Waals surface area contributed by atoms with Crippen molar-refractivity contribution in [2.24, 2.45) is 0 Å². The van der Waals surface area contributed by atoms with Crippen LogP contribution in [-0.2, 0) is 20.7 Å². The van der Waals surface area contributed by atoms with Crippen LogP contribution in [0.25, 0.3) is 0 Å². The van der Waals surface area contributed by atoms with Crippen LogP contribution in [0.2, 0.25) is 0 Å². The molecule has 1 aliphatic heterocycles. The highest BCUT2D eigenvalue weighted by atomic mass is 16.5. The fourth-order valence-electron chi connectivity index (χ4n) is 1.90. The normalized spacial score (nSPS) is 16.1. The lowest BCUT2D eigenvalue weighted by molar-refractivity contribution is -0.132. The third kappa shape index (κ3) is 3.67. The Balaban J connectivity index is 2.04. The van der Waals surface area contributed by atoms with Crippen LogP contribution >= 0.6 is 0 Å². The number of ether oxygens (including phenoxy) is 2. The van der Waals surface area contributed by atoms with Gasteiger partial charge in [0.15, 0.2) is 0 Å². The van der Waals surface area contributed by atoms with Crippen LogP contribution in [0.15, 0.2) is 24.2 Å². The van der Waals surface area contributed by atoms with Gasteiger partial charge in [0.05, 0.1) is 32.2 Å². The van der Waals surface area contributed by atoms with Crippen molar-refractivity contribution in [3.05, 3.63) is 29.8 Å². The molecule has 0 saturated carbocycles. The van der Waals surface area contributed by atoms with E-state index in [2.05, 4.69) is 9.97 Å². The molecule has 0 atom stereocenters. The number of aliphatic carboxylic acids is 1. The Morgan fingerprint density at radius 1 is 1.45 bits per heavy atom. The molecule has 0 unspecified atom stereocenters. The van der Waals surface area contributed by atoms with Gasteiger partial charge in [0, 0.05) is 31.9 Å². The van der Waals surface area contributed by atoms with E-state index in [1.807, 2.05) is 4.90 Å². The van der Waals surface area contributed by atoms with Crippen LogP contribution < -0.4 is 4.90 Å². The van der Waals surface area contributed by atoms with E-state index in [1.54, 1.807) is 12.4 Å². The first-order chi connectivity index (χ1) is 9.70. The van der Waals surface area contributed by atoms with Crippen molar-refractivity contribution in [2.75, 3.05) is 38.3 Å². The lowest BCUT2D eigenvalue weighted by Crippen LogP contribution is -2.37. The lowest BCUT2D eigenvalue weighted by atomic mass is 10.1. The molecule has 2 rings (SSSR count). The van der Waals surface area contributed by atoms with Crippen LogP contribution in [0.5, 0.6) is 0 Å². The fourth-order valence-corrected chi connectivity index (χ4v) is 1.90. The summed E-state index contributed by atoms with van der Waals surface area (Å²) in [5.41, 5.74) is 0.892. The van der Waals surface area contributed by atoms with Gasteiger partial charge in [-0.2, -0.15) is 0 Å². The van der Waals surface area contributed by atoms with Crippen LogP contribution in [0.3, 0.4) is 0 Å². The van der Waals surface area contributed by atoms with Gasteiger partial charge >= 0.3 is 5.97 Å². The number of nitrogens with zero attached hydrogens (tertiary/aromatic N) is 3. The first kappa shape index (κ1) is 14.3. The van der Waals surface area contributed by atoms with Gasteiger partial charge in [0.1, 0.15) is 0 Å². The first-order valence-electron chi connectivity index (χ1n) is 6.29. The number of morpholine rings is 1. The molecule has 2 heterocycles. The Hall–Kier alpha value is -2.15. The summed E-state index contributed by atoms with van der Waals surface area (Å²) in [6.07, 6.45) is 4.74. The zero-order valence-electron chi connectivity index (χ0n) is 11.3. The average molecular weight is 279 g/mol. The Morgan fingerprint density at radius 3 is 2.65 bits per heavy atom. The summed E-state index contributed by atoms with van der Waals surface area (Å²) in [5, 5.41) is 9.01. The highest BCUT2D eigenvalue weighted by Gasteiger charge is 2.14. The summed E-state index contributed by atoms with van der Waals surface area (Å²) in [7, 11) is 1.42. The van der Waals surface area contributed by atoms with E-state index in [4.69, 9.17) is 14.6 Å². The molecular weight excluding hydrogens is 262 g/mol. The fraction of sp³-hybridized carbons (Fsp3) is 0.462. The zero-order chi connectivity index (χ0) is 14.4. The molecule has 0 radical (unpaired) electrons. The third-order valence-electron chi connectivity index (χ3n) is 2.91. The summed E-state index contributed by atoms with van der Waals surface area (Å²) in [4.78, 5) is 21.6. The summed E-state index contributed by atoms with van der Waals surface area (Å²) in [6.45, 7) is 2.88. The lowest BCUT2D eigenvalue weighted by Gasteiger charge is -2.26. The second kappa shape index (κ2) is 6.85. The SMILES string of the molecule is COC=C(Cc1cnc(N2CCOCC2)nc1)C(=O)O. The maximum atomic E-state index is 11.0. The molecule has 20 heavy (non-hydrogen) atoms. The Kier molecular flexibility index (Phi) is 4.89. The van der Waals surface area contributed by atoms with Gasteiger partial charge in [-0.15, -0.1) is 0 Å². The highest BCUT2D eigenvalue weighted by Crippen LogP contribution is 2.12. The number of carboxylic acid groups (broad SMARTS) is 1. The van der Waals surface area contributed by atoms with E-state index in [-0.39, 0.29) is 12.0 Å². The Morgan fingerprint density at radius 2 is 2.10 bits per heavy atom. The predicted octanol–water partition coefficient (Wildman–Crippen LogP) is 0.471. The van der Waals surface area contributed by atoms with Gasteiger partial charge in [-0.3, -0.25) is 0 Å². The molecule has 0 aromatic carbocycles. The van der Waals surface area contributed by atoms with Crippen LogP contribution in [0, 0.1) is 0 Å². The number of hydrogen-bond acceptors (Lipinski definition) is 6. The molecular formula is C13H17N3O4. The van der Waals surface area contributed by atoms with Crippen molar-refractivity contribution in [3.63, 3.8) is 0 Å². The second-order valence-electron chi connectivity index (χ2n) is 4.35. The minimum absolute atomic E-state index is 0.162. The number of rotatable bonds is 5. The molecule has 1 N–H and O–H groups in total. The van der Waals surface area contributed by atoms with Gasteiger partial charge < -0.3 is 19.5 Å². The maximum Gasteiger partial charge on any atom is 0.335 e. The highest BCUT2D eigenvalue weighted by molar-refractivity contribution is 5.86. The molecule has 0 amide bonds. The van der Waals surface area contributed by atoms with Crippen LogP contribution in [0.4, 0.5) is 5.95 Å². The van der Waals surface area contributed by atoms with Gasteiger partial charge in [-0.1, -0.05) is 0 Å². The number of aromatic nitrogens is 2. The van der Waals surface area contributed by atoms with E-state index in [0.717, 1.165) is 18.7 Å². The van der Waals surface area contributed by atoms with Crippen molar-refractivity contribution in [1.29, 1.82) is 0 Å². The monoisotopic (exact) mass is 279 g/mol. The largest absolute Gasteiger partial charge is 0.504 e. The summed E-state index contributed by atoms with van der Waals surface area (Å²) in [5.74, 6) is -0.367. The minimum atomic E-state index is -1.01. The van der Waals surface area contributed by atoms with E-state index in [1.165, 1.54) is 13.4 Å². The molecule has 0 bridgehead atoms. The number of methoxy groups -OCH3 is 1. The minimum Gasteiger partial charge on any atom is -0.504 e. The molecule has 1 aliphatic rings. The molecule has 1 saturated heterocycles. The number of anilines is 1. The third-order valence-corrected chi connectivity index (χ3v) is 2.91. The van der Waals surface area contributed by atoms with Crippen LogP contribution in [0.1, 0.15) is 5.56 Å². The first-order valence-corrected chi connectivity index (χ1v) is 6.29. The predicted molar refractivity (Wildman–Crippen MR) is 71.5 cm³/mol. The van der Waals surface area contributed by atoms with Crippen molar-refractivity contribution in [3.8, 4) is 0 Å². The molecule has 108 valence electrons. The zero-order valence-corrected chi connectivity index (χ0v) is 11.3. The molecule has 0 spiro atoms. The Labute approximate surface area is 116 Å². The number of carboxylic acids is 1. The van der Waals surface area contributed by atoms with Gasteiger partial charge in [0.2, 0.25) is 5.95 Å². The van der Waals surface area contributed by atoms with Crippen LogP contribution in [-0.4, -0.2) is 54.5 Å². The molecule has 7 heteroatoms. The summed E-state index contributed by atoms with van der Waals surface area (Å²) >= 11 is 0. The van der Waals surface area contributed by atoms with Gasteiger partial charge in [-0.05, 0) is 5.56 Å². The van der Waals surface area contributed by atoms with E-state index in [0.29, 0.717) is 19.2 Å². The van der Waals surface area contributed by atoms with Crippen molar-refractivity contribution in [1.82, 2.24) is 9.97 Å². The summed E-state index contributed by atoms with van der Waals surface area (Å²) in [6, 6.07) is 0. The standard InChI is InChI=1S/C13H17N3O4/c1-19-9-11(12(17)18)6-10-7-14-13(15-8-10)16-2-4-20-5-3-16/h7-9H,2-6H2,1H3,(H,17,18). The van der Waals surface area contributed by atoms with E-state index < -0.39 is 5.97 Å². The molecule has 1 aromatic rings. The number of hydrogen-bond donors (Lipinski definition) is 1. The van der Waals surface area contributed by atoms with Crippen molar-refractivity contribution in [2.45, 2.75) is 6.42 Å². The molecule has 7 nitrogen and oxygen atoms in total. The topological polar surface area (TPSA) is 84.8 Å². The van der Waals surface area contributed by atoms with E-state index in [9.17, 15) is 4.79 Å². The molecule has 0 aliphatic carbocycles. The molecule has 1 fully saturated rings. The van der Waals surface area contributed by atoms with Crippen molar-refractivity contribution < 1.29 is 19.4 Å². The summed E-state index contributed by atoms with van der Waals surface area (Å²) < 4.78 is 10.0. The maximum absolute atomic E-state index is 11.0. The quantitative estimate of drug-likeness (QED) is 0.619. The van der Waals surface area contributed by atoms with Crippen molar-refractivity contribution >= 4 is 11.9 Å². The van der Waals surface area contributed by atoms with E-state index >= 15 is 0 Å². The van der Waals surface area contributed by atoms with Gasteiger partial charge in [-0.25, -0.2) is 14.8 Å². The average Bonchev–Trinajstić information content (AvgIpc) is 2.48. The Bertz CT molecular complexity index is 481. The van der Waals surface area contributed by atoms with Gasteiger partial charge in [0.25, 0.3) is 0 Å². The smallest absolute Gasteiger partial charge is 0.335 e.